The van der Waals surface area contributed by atoms with E-state index in [4.69, 9.17) is 16.2 Å². The van der Waals surface area contributed by atoms with Gasteiger partial charge < -0.3 is 26.1 Å². The maximum atomic E-state index is 12.9. The highest BCUT2D eigenvalue weighted by molar-refractivity contribution is 6.04. The number of rotatable bonds is 7. The van der Waals surface area contributed by atoms with E-state index in [1.165, 1.54) is 12.1 Å². The maximum Gasteiger partial charge on any atom is 0.312 e. The quantitative estimate of drug-likeness (QED) is 0.188. The zero-order valence-corrected chi connectivity index (χ0v) is 18.8. The van der Waals surface area contributed by atoms with Gasteiger partial charge in [0.1, 0.15) is 5.75 Å². The topological polar surface area (TPSA) is 147 Å². The number of aromatic nitrogens is 1. The number of hydrogen-bond donors (Lipinski definition) is 5. The molecule has 1 aromatic carbocycles. The molecule has 0 atom stereocenters. The molecular formula is C24H32N5O4+. The van der Waals surface area contributed by atoms with Crippen molar-refractivity contribution in [2.75, 3.05) is 23.4 Å². The van der Waals surface area contributed by atoms with Crippen LogP contribution >= 0.6 is 0 Å². The Morgan fingerprint density at radius 2 is 2.00 bits per heavy atom. The lowest BCUT2D eigenvalue weighted by molar-refractivity contribution is -0.894. The Balaban J connectivity index is 1.57. The molecule has 2 saturated carbocycles. The van der Waals surface area contributed by atoms with E-state index in [0.717, 1.165) is 25.7 Å². The van der Waals surface area contributed by atoms with E-state index >= 15 is 0 Å². The van der Waals surface area contributed by atoms with E-state index in [0.29, 0.717) is 52.8 Å². The van der Waals surface area contributed by atoms with Crippen molar-refractivity contribution < 1.29 is 24.6 Å². The van der Waals surface area contributed by atoms with Crippen molar-refractivity contribution >= 4 is 29.3 Å². The summed E-state index contributed by atoms with van der Waals surface area (Å²) in [6.07, 6.45) is 7.01. The maximum absolute atomic E-state index is 12.9. The smallest absolute Gasteiger partial charge is 0.312 e. The molecule has 0 bridgehead atoms. The Morgan fingerprint density at radius 1 is 1.27 bits per heavy atom. The minimum atomic E-state index is -0.618. The van der Waals surface area contributed by atoms with Gasteiger partial charge in [-0.25, -0.2) is 0 Å². The molecule has 2 fully saturated rings. The van der Waals surface area contributed by atoms with Crippen LogP contribution in [0.4, 0.5) is 17.2 Å². The summed E-state index contributed by atoms with van der Waals surface area (Å²) in [4.78, 5) is 17.5. The van der Waals surface area contributed by atoms with Crippen LogP contribution in [0.3, 0.4) is 0 Å². The highest BCUT2D eigenvalue weighted by atomic mass is 16.5. The van der Waals surface area contributed by atoms with Gasteiger partial charge in [-0.2, -0.15) is 0 Å². The van der Waals surface area contributed by atoms with Gasteiger partial charge in [0.2, 0.25) is 5.69 Å². The third-order valence-corrected chi connectivity index (χ3v) is 6.29. The third kappa shape index (κ3) is 5.73. The van der Waals surface area contributed by atoms with Crippen molar-refractivity contribution in [3.8, 4) is 5.75 Å². The van der Waals surface area contributed by atoms with Gasteiger partial charge in [-0.3, -0.25) is 15.5 Å². The van der Waals surface area contributed by atoms with Crippen LogP contribution in [0.25, 0.3) is 0 Å². The predicted molar refractivity (Wildman–Crippen MR) is 126 cm³/mol. The SMILES string of the molecule is CC1(O)CCC(N=Cc2cc(NC(=O)c3cccc(N)[n+]3O)c(OCC3CC3)cc2N)CC1. The summed E-state index contributed by atoms with van der Waals surface area (Å²) in [6.45, 7) is 2.41. The molecule has 2 aliphatic rings. The molecule has 9 nitrogen and oxygen atoms in total. The normalized spacial score (nSPS) is 22.9. The zero-order valence-electron chi connectivity index (χ0n) is 18.8. The summed E-state index contributed by atoms with van der Waals surface area (Å²) in [5, 5.41) is 23.1. The Hall–Kier alpha value is -3.33. The number of nitrogen functional groups attached to an aromatic ring is 2. The molecule has 33 heavy (non-hydrogen) atoms. The summed E-state index contributed by atoms with van der Waals surface area (Å²) in [5.41, 5.74) is 12.9. The molecular weight excluding hydrogens is 422 g/mol. The molecule has 9 heteroatoms. The number of aliphatic hydroxyl groups is 1. The lowest BCUT2D eigenvalue weighted by Crippen LogP contribution is -2.42. The number of nitrogens with two attached hydrogens (primary N) is 2. The van der Waals surface area contributed by atoms with Crippen molar-refractivity contribution in [2.45, 2.75) is 57.1 Å². The number of carbonyl (C=O) groups is 1. The number of pyridine rings is 1. The molecule has 4 rings (SSSR count). The van der Waals surface area contributed by atoms with Gasteiger partial charge in [-0.1, -0.05) is 0 Å². The number of benzene rings is 1. The average Bonchev–Trinajstić information content (AvgIpc) is 3.60. The van der Waals surface area contributed by atoms with Crippen LogP contribution in [0, 0.1) is 5.92 Å². The van der Waals surface area contributed by atoms with E-state index in [1.54, 1.807) is 24.4 Å². The minimum Gasteiger partial charge on any atom is -0.491 e. The molecule has 2 aromatic rings. The lowest BCUT2D eigenvalue weighted by atomic mass is 9.84. The Morgan fingerprint density at radius 3 is 2.70 bits per heavy atom. The van der Waals surface area contributed by atoms with Crippen LogP contribution in [0.5, 0.6) is 5.75 Å². The summed E-state index contributed by atoms with van der Waals surface area (Å²) >= 11 is 0. The van der Waals surface area contributed by atoms with Crippen molar-refractivity contribution in [1.29, 1.82) is 0 Å². The average molecular weight is 455 g/mol. The van der Waals surface area contributed by atoms with Gasteiger partial charge in [0, 0.05) is 29.6 Å². The van der Waals surface area contributed by atoms with Crippen molar-refractivity contribution in [2.24, 2.45) is 10.9 Å². The number of ether oxygens (including phenoxy) is 1. The van der Waals surface area contributed by atoms with Gasteiger partial charge in [0.25, 0.3) is 5.91 Å². The second kappa shape index (κ2) is 9.27. The standard InChI is InChI=1S/C24H31N5O4/c1-24(31)9-7-17(8-10-24)27-13-16-11-19(21(12-18(16)25)33-14-15-5-6-15)28-23(30)20-3-2-4-22(26)29(20)32/h2-4,11-13,15,17,31-32H,5-10,14H2,1H3,(H4,25,26,27,28,30)/p+1. The monoisotopic (exact) mass is 454 g/mol. The third-order valence-electron chi connectivity index (χ3n) is 6.29. The molecule has 2 aliphatic carbocycles. The highest BCUT2D eigenvalue weighted by Gasteiger charge is 2.28. The molecule has 0 saturated heterocycles. The molecule has 7 N–H and O–H groups in total. The zero-order chi connectivity index (χ0) is 23.6. The fourth-order valence-corrected chi connectivity index (χ4v) is 3.87. The molecule has 0 aliphatic heterocycles. The van der Waals surface area contributed by atoms with Crippen LogP contribution < -0.4 is 26.3 Å². The first kappa shape index (κ1) is 22.8. The van der Waals surface area contributed by atoms with Crippen LogP contribution in [-0.2, 0) is 0 Å². The minimum absolute atomic E-state index is 0.00977. The number of hydrogen-bond acceptors (Lipinski definition) is 7. The second-order valence-electron chi connectivity index (χ2n) is 9.34. The molecule has 176 valence electrons. The summed E-state index contributed by atoms with van der Waals surface area (Å²) in [5.74, 6) is 0.493. The molecule has 1 amide bonds. The van der Waals surface area contributed by atoms with Gasteiger partial charge >= 0.3 is 5.82 Å². The van der Waals surface area contributed by atoms with Gasteiger partial charge in [0.15, 0.2) is 0 Å². The van der Waals surface area contributed by atoms with E-state index < -0.39 is 11.5 Å². The summed E-state index contributed by atoms with van der Waals surface area (Å²) in [7, 11) is 0. The van der Waals surface area contributed by atoms with E-state index in [9.17, 15) is 15.1 Å². The number of aliphatic imine (C=N–C) groups is 1. The summed E-state index contributed by atoms with van der Waals surface area (Å²) < 4.78 is 6.58. The first-order valence-corrected chi connectivity index (χ1v) is 11.3. The molecule has 0 spiro atoms. The number of nitrogens with one attached hydrogen (secondary N) is 1. The lowest BCUT2D eigenvalue weighted by Gasteiger charge is -2.31. The van der Waals surface area contributed by atoms with Crippen molar-refractivity contribution in [1.82, 2.24) is 0 Å². The van der Waals surface area contributed by atoms with Crippen LogP contribution in [-0.4, -0.2) is 40.7 Å². The summed E-state index contributed by atoms with van der Waals surface area (Å²) in [6, 6.07) is 8.08. The molecule has 1 aromatic heterocycles. The number of nitrogens with zero attached hydrogens (tertiary/aromatic N) is 2. The van der Waals surface area contributed by atoms with Gasteiger partial charge in [-0.05, 0) is 74.3 Å². The van der Waals surface area contributed by atoms with Crippen molar-refractivity contribution in [3.05, 3.63) is 41.6 Å². The second-order valence-corrected chi connectivity index (χ2v) is 9.34. The van der Waals surface area contributed by atoms with Crippen LogP contribution in [0.15, 0.2) is 35.3 Å². The first-order valence-electron chi connectivity index (χ1n) is 11.3. The van der Waals surface area contributed by atoms with E-state index in [1.807, 2.05) is 6.92 Å². The first-order chi connectivity index (χ1) is 15.7. The van der Waals surface area contributed by atoms with Crippen LogP contribution in [0.1, 0.15) is 61.5 Å². The number of carbonyl (C=O) groups excluding carboxylic acids is 1. The van der Waals surface area contributed by atoms with Gasteiger partial charge in [-0.15, -0.1) is 0 Å². The molecule has 1 heterocycles. The Kier molecular flexibility index (Phi) is 6.42. The fraction of sp³-hybridized carbons (Fsp3) is 0.458. The van der Waals surface area contributed by atoms with Crippen molar-refractivity contribution in [3.63, 3.8) is 0 Å². The molecule has 0 radical (unpaired) electrons. The highest BCUT2D eigenvalue weighted by Crippen LogP contribution is 2.35. The predicted octanol–water partition coefficient (Wildman–Crippen LogP) is 2.53. The Labute approximate surface area is 193 Å². The number of amides is 1. The molecule has 0 unspecified atom stereocenters. The van der Waals surface area contributed by atoms with E-state index in [-0.39, 0.29) is 17.6 Å². The van der Waals surface area contributed by atoms with E-state index in [2.05, 4.69) is 10.3 Å². The van der Waals surface area contributed by atoms with Crippen LogP contribution in [0.2, 0.25) is 0 Å². The Bertz CT molecular complexity index is 1060. The largest absolute Gasteiger partial charge is 0.491 e. The van der Waals surface area contributed by atoms with Gasteiger partial charge in [0.05, 0.1) is 23.9 Å². The number of anilines is 3. The fourth-order valence-electron chi connectivity index (χ4n) is 3.87.